The molecule has 1 aliphatic rings. The van der Waals surface area contributed by atoms with E-state index in [1.165, 1.54) is 5.56 Å². The summed E-state index contributed by atoms with van der Waals surface area (Å²) in [5.41, 5.74) is 2.90. The summed E-state index contributed by atoms with van der Waals surface area (Å²) in [6.07, 6.45) is 0.994. The summed E-state index contributed by atoms with van der Waals surface area (Å²) in [5.74, 6) is 0.805. The van der Waals surface area contributed by atoms with Crippen molar-refractivity contribution in [1.29, 1.82) is 0 Å². The molecule has 0 aromatic heterocycles. The molecule has 0 unspecified atom stereocenters. The maximum absolute atomic E-state index is 11.4. The molecule has 1 heterocycles. The molecule has 1 aliphatic heterocycles. The van der Waals surface area contributed by atoms with E-state index in [-0.39, 0.29) is 10.6 Å². The summed E-state index contributed by atoms with van der Waals surface area (Å²) < 4.78 is 5.76. The van der Waals surface area contributed by atoms with Gasteiger partial charge in [0, 0.05) is 18.3 Å². The van der Waals surface area contributed by atoms with Crippen LogP contribution in [0.25, 0.3) is 0 Å². The molecule has 7 nitrogen and oxygen atoms in total. The molecule has 1 fully saturated rings. The normalized spacial score (nSPS) is 19.1. The molecule has 29 heavy (non-hydrogen) atoms. The molecule has 1 saturated heterocycles. The number of ether oxygens (including phenoxy) is 1. The Labute approximate surface area is 172 Å². The van der Waals surface area contributed by atoms with Gasteiger partial charge >= 0.3 is 0 Å². The highest BCUT2D eigenvalue weighted by Crippen LogP contribution is 2.30. The van der Waals surface area contributed by atoms with E-state index in [1.54, 1.807) is 6.07 Å². The third kappa shape index (κ3) is 5.60. The number of nitro groups is 1. The largest absolute Gasteiger partial charge is 0.492 e. The maximum atomic E-state index is 11.4. The van der Waals surface area contributed by atoms with Crippen LogP contribution in [-0.4, -0.2) is 43.2 Å². The summed E-state index contributed by atoms with van der Waals surface area (Å²) in [6.45, 7) is 9.30. The Bertz CT molecular complexity index is 815. The number of hydrogen-bond donors (Lipinski definition) is 2. The molecule has 3 rings (SSSR count). The molecule has 2 atom stereocenters. The van der Waals surface area contributed by atoms with Gasteiger partial charge in [0.2, 0.25) is 0 Å². The van der Waals surface area contributed by atoms with Gasteiger partial charge in [-0.25, -0.2) is 0 Å². The number of nitrogens with two attached hydrogens (primary N) is 1. The summed E-state index contributed by atoms with van der Waals surface area (Å²) in [4.78, 5) is 13.4. The van der Waals surface area contributed by atoms with Gasteiger partial charge in [0.25, 0.3) is 5.69 Å². The van der Waals surface area contributed by atoms with E-state index in [1.807, 2.05) is 24.3 Å². The zero-order valence-electron chi connectivity index (χ0n) is 17.4. The molecule has 0 radical (unpaired) electrons. The quantitative estimate of drug-likeness (QED) is 0.405. The monoisotopic (exact) mass is 399 g/mol. The number of aryl methyl sites for hydroxylation is 1. The van der Waals surface area contributed by atoms with Crippen LogP contribution in [0.15, 0.2) is 42.5 Å². The van der Waals surface area contributed by atoms with E-state index in [4.69, 9.17) is 4.74 Å². The van der Waals surface area contributed by atoms with E-state index < -0.39 is 0 Å². The average molecular weight is 400 g/mol. The lowest BCUT2D eigenvalue weighted by molar-refractivity contribution is -0.716. The third-order valence-electron chi connectivity index (χ3n) is 5.23. The van der Waals surface area contributed by atoms with Crippen molar-refractivity contribution in [1.82, 2.24) is 0 Å². The van der Waals surface area contributed by atoms with Crippen LogP contribution in [0.5, 0.6) is 5.75 Å². The van der Waals surface area contributed by atoms with E-state index in [0.29, 0.717) is 30.9 Å². The topological polar surface area (TPSA) is 84.2 Å². The van der Waals surface area contributed by atoms with Crippen LogP contribution in [0.4, 0.5) is 17.1 Å². The average Bonchev–Trinajstić information content (AvgIpc) is 2.70. The number of piperazine rings is 1. The lowest BCUT2D eigenvalue weighted by Gasteiger charge is -2.35. The minimum absolute atomic E-state index is 0.0886. The van der Waals surface area contributed by atoms with Gasteiger partial charge < -0.3 is 20.3 Å². The maximum Gasteiger partial charge on any atom is 0.292 e. The number of benzene rings is 2. The fourth-order valence-corrected chi connectivity index (χ4v) is 3.86. The molecule has 0 aliphatic carbocycles. The molecule has 0 amide bonds. The van der Waals surface area contributed by atoms with Gasteiger partial charge in [0.05, 0.1) is 18.0 Å². The highest BCUT2D eigenvalue weighted by atomic mass is 16.6. The molecule has 3 N–H and O–H groups in total. The minimum Gasteiger partial charge on any atom is -0.492 e. The van der Waals surface area contributed by atoms with E-state index in [0.717, 1.165) is 30.9 Å². The molecular weight excluding hydrogens is 368 g/mol. The van der Waals surface area contributed by atoms with Crippen LogP contribution >= 0.6 is 0 Å². The number of hydrogen-bond acceptors (Lipinski definition) is 5. The van der Waals surface area contributed by atoms with Crippen molar-refractivity contribution >= 4 is 17.1 Å². The van der Waals surface area contributed by atoms with Gasteiger partial charge in [0.15, 0.2) is 0 Å². The number of rotatable bonds is 8. The Morgan fingerprint density at radius 1 is 1.17 bits per heavy atom. The second-order valence-corrected chi connectivity index (χ2v) is 7.78. The smallest absolute Gasteiger partial charge is 0.292 e. The first-order valence-corrected chi connectivity index (χ1v) is 10.3. The second kappa shape index (κ2) is 9.60. The minimum atomic E-state index is -0.342. The summed E-state index contributed by atoms with van der Waals surface area (Å²) >= 11 is 0. The zero-order valence-corrected chi connectivity index (χ0v) is 17.4. The Kier molecular flexibility index (Phi) is 6.93. The molecule has 0 bridgehead atoms. The first-order chi connectivity index (χ1) is 14.0. The first kappa shape index (κ1) is 20.9. The number of nitrogens with one attached hydrogen (secondary N) is 1. The van der Waals surface area contributed by atoms with Gasteiger partial charge in [-0.1, -0.05) is 19.1 Å². The highest BCUT2D eigenvalue weighted by molar-refractivity contribution is 5.69. The molecule has 156 valence electrons. The van der Waals surface area contributed by atoms with Crippen molar-refractivity contribution in [2.24, 2.45) is 0 Å². The summed E-state index contributed by atoms with van der Waals surface area (Å²) in [7, 11) is 0. The first-order valence-electron chi connectivity index (χ1n) is 10.3. The van der Waals surface area contributed by atoms with Crippen molar-refractivity contribution in [2.75, 3.05) is 36.5 Å². The molecule has 2 aromatic carbocycles. The molecule has 0 saturated carbocycles. The Morgan fingerprint density at radius 2 is 1.86 bits per heavy atom. The predicted octanol–water partition coefficient (Wildman–Crippen LogP) is 2.81. The Balaban J connectivity index is 1.64. The van der Waals surface area contributed by atoms with Crippen molar-refractivity contribution in [2.45, 2.75) is 39.3 Å². The number of quaternary nitrogens is 1. The standard InChI is InChI=1S/C22H30N4O3/c1-4-18-5-8-20(9-6-18)29-12-11-23-21-13-19(7-10-22(21)26(27)28)25-14-16(2)24-17(3)15-25/h5-10,13,16-17,23-24H,4,11-12,14-15H2,1-3H3/p+1/t16-,17-/m0/s1. The van der Waals surface area contributed by atoms with Crippen molar-refractivity contribution < 1.29 is 15.0 Å². The van der Waals surface area contributed by atoms with E-state index >= 15 is 0 Å². The van der Waals surface area contributed by atoms with Crippen LogP contribution in [0.1, 0.15) is 26.3 Å². The van der Waals surface area contributed by atoms with Crippen molar-refractivity contribution in [3.63, 3.8) is 0 Å². The third-order valence-corrected chi connectivity index (χ3v) is 5.23. The number of nitro benzene ring substituents is 1. The van der Waals surface area contributed by atoms with Crippen molar-refractivity contribution in [3.05, 3.63) is 58.1 Å². The van der Waals surface area contributed by atoms with Gasteiger partial charge in [-0.3, -0.25) is 10.1 Å². The SMILES string of the molecule is CCc1ccc(OCCNc2cc(N3C[C@H](C)[NH2+][C@@H](C)C3)ccc2[N+](=O)[O-])cc1. The number of nitrogens with zero attached hydrogens (tertiary/aromatic N) is 2. The van der Waals surface area contributed by atoms with Crippen LogP contribution in [0.2, 0.25) is 0 Å². The second-order valence-electron chi connectivity index (χ2n) is 7.78. The van der Waals surface area contributed by atoms with Gasteiger partial charge in [-0.15, -0.1) is 0 Å². The molecule has 7 heteroatoms. The highest BCUT2D eigenvalue weighted by Gasteiger charge is 2.26. The van der Waals surface area contributed by atoms with E-state index in [2.05, 4.69) is 48.4 Å². The van der Waals surface area contributed by atoms with Crippen LogP contribution in [0, 0.1) is 10.1 Å². The predicted molar refractivity (Wildman–Crippen MR) is 116 cm³/mol. The van der Waals surface area contributed by atoms with Gasteiger partial charge in [-0.05, 0) is 50.1 Å². The molecular formula is C22H31N4O3+. The summed E-state index contributed by atoms with van der Waals surface area (Å²) in [6, 6.07) is 14.3. The number of anilines is 2. The van der Waals surface area contributed by atoms with Crippen LogP contribution in [0.3, 0.4) is 0 Å². The lowest BCUT2D eigenvalue weighted by Crippen LogP contribution is -2.99. The Hall–Kier alpha value is -2.80. The summed E-state index contributed by atoms with van der Waals surface area (Å²) in [5, 5.41) is 17.0. The van der Waals surface area contributed by atoms with Crippen LogP contribution < -0.4 is 20.3 Å². The zero-order chi connectivity index (χ0) is 20.8. The fraction of sp³-hybridized carbons (Fsp3) is 0.455. The molecule has 2 aromatic rings. The van der Waals surface area contributed by atoms with Crippen molar-refractivity contribution in [3.8, 4) is 5.75 Å². The van der Waals surface area contributed by atoms with Gasteiger partial charge in [0.1, 0.15) is 30.1 Å². The van der Waals surface area contributed by atoms with Gasteiger partial charge in [-0.2, -0.15) is 0 Å². The lowest BCUT2D eigenvalue weighted by atomic mass is 10.1. The Morgan fingerprint density at radius 3 is 2.48 bits per heavy atom. The van der Waals surface area contributed by atoms with Crippen LogP contribution in [-0.2, 0) is 6.42 Å². The molecule has 0 spiro atoms. The van der Waals surface area contributed by atoms with E-state index in [9.17, 15) is 10.1 Å². The fourth-order valence-electron chi connectivity index (χ4n) is 3.86.